The second kappa shape index (κ2) is 15.7. The zero-order valence-electron chi connectivity index (χ0n) is 19.2. The molecule has 5 N–H and O–H groups in total. The van der Waals surface area contributed by atoms with Crippen molar-refractivity contribution < 1.29 is 34.6 Å². The molecule has 0 amide bonds. The lowest BCUT2D eigenvalue weighted by Crippen LogP contribution is -2.42. The van der Waals surface area contributed by atoms with Gasteiger partial charge in [-0.3, -0.25) is 34.3 Å². The van der Waals surface area contributed by atoms with Crippen molar-refractivity contribution in [3.63, 3.8) is 0 Å². The Morgan fingerprint density at radius 2 is 1.44 bits per heavy atom. The third kappa shape index (κ3) is 12.2. The average Bonchev–Trinajstić information content (AvgIpc) is 2.74. The van der Waals surface area contributed by atoms with E-state index in [9.17, 15) is 34.7 Å². The van der Waals surface area contributed by atoms with Crippen molar-refractivity contribution in [1.29, 1.82) is 0 Å². The molecule has 0 fully saturated rings. The van der Waals surface area contributed by atoms with Gasteiger partial charge in [-0.25, -0.2) is 0 Å². The highest BCUT2D eigenvalue weighted by Crippen LogP contribution is 2.19. The summed E-state index contributed by atoms with van der Waals surface area (Å²) in [5.74, 6) is -3.17. The third-order valence-corrected chi connectivity index (χ3v) is 5.41. The van der Waals surface area contributed by atoms with Gasteiger partial charge in [-0.15, -0.1) is 0 Å². The molecule has 0 heterocycles. The van der Waals surface area contributed by atoms with Gasteiger partial charge in [0.25, 0.3) is 5.69 Å². The predicted molar refractivity (Wildman–Crippen MR) is 124 cm³/mol. The van der Waals surface area contributed by atoms with E-state index < -0.39 is 35.9 Å². The smallest absolute Gasteiger partial charge is 0.317 e. The Morgan fingerprint density at radius 3 is 1.94 bits per heavy atom. The van der Waals surface area contributed by atoms with Gasteiger partial charge in [0.15, 0.2) is 0 Å². The summed E-state index contributed by atoms with van der Waals surface area (Å²) in [6.07, 6.45) is 3.71. The maximum absolute atomic E-state index is 11.3. The zero-order chi connectivity index (χ0) is 25.5. The first kappa shape index (κ1) is 28.9. The first-order valence-corrected chi connectivity index (χ1v) is 11.2. The van der Waals surface area contributed by atoms with Crippen LogP contribution in [0.3, 0.4) is 0 Å². The molecule has 190 valence electrons. The highest BCUT2D eigenvalue weighted by molar-refractivity contribution is 5.72. The fourth-order valence-corrected chi connectivity index (χ4v) is 3.86. The normalized spacial score (nSPS) is 12.1. The quantitative estimate of drug-likeness (QED) is 0.126. The molecule has 0 spiro atoms. The molecule has 1 aromatic rings. The number of nitrogens with two attached hydrogens (primary N) is 1. The van der Waals surface area contributed by atoms with E-state index in [1.54, 1.807) is 17.0 Å². The van der Waals surface area contributed by atoms with Crippen LogP contribution < -0.4 is 5.73 Å². The minimum atomic E-state index is -1.11. The number of hydrogen-bond acceptors (Lipinski definition) is 8. The van der Waals surface area contributed by atoms with Crippen molar-refractivity contribution in [3.8, 4) is 0 Å². The number of unbranched alkanes of at least 4 members (excludes halogenated alkanes) is 1. The highest BCUT2D eigenvalue weighted by Gasteiger charge is 2.23. The van der Waals surface area contributed by atoms with Crippen LogP contribution >= 0.6 is 0 Å². The molecule has 0 saturated heterocycles. The molecule has 0 aromatic heterocycles. The summed E-state index contributed by atoms with van der Waals surface area (Å²) in [6, 6.07) is 5.92. The van der Waals surface area contributed by atoms with Crippen LogP contribution in [0.15, 0.2) is 24.3 Å². The Labute approximate surface area is 198 Å². The van der Waals surface area contributed by atoms with Crippen LogP contribution in [0.1, 0.15) is 37.7 Å². The molecular weight excluding hydrogens is 448 g/mol. The lowest BCUT2D eigenvalue weighted by Gasteiger charge is -2.29. The van der Waals surface area contributed by atoms with E-state index in [-0.39, 0.29) is 18.3 Å². The highest BCUT2D eigenvalue weighted by atomic mass is 16.6. The number of rotatable bonds is 19. The number of nitrogens with zero attached hydrogens (tertiary/aromatic N) is 3. The molecule has 1 aromatic carbocycles. The summed E-state index contributed by atoms with van der Waals surface area (Å²) in [5, 5.41) is 38.3. The molecule has 0 saturated carbocycles. The van der Waals surface area contributed by atoms with Crippen LogP contribution in [0.4, 0.5) is 5.69 Å². The van der Waals surface area contributed by atoms with E-state index >= 15 is 0 Å². The van der Waals surface area contributed by atoms with Crippen molar-refractivity contribution in [1.82, 2.24) is 9.80 Å². The summed E-state index contributed by atoms with van der Waals surface area (Å²) in [6.45, 7) is 0.412. The number of carboxylic acid groups (broad SMARTS) is 3. The lowest BCUT2D eigenvalue weighted by molar-refractivity contribution is -0.384. The molecule has 34 heavy (non-hydrogen) atoms. The molecule has 0 aliphatic rings. The fraction of sp³-hybridized carbons (Fsp3) is 0.591. The average molecular weight is 483 g/mol. The first-order chi connectivity index (χ1) is 16.1. The van der Waals surface area contributed by atoms with Crippen LogP contribution in [-0.4, -0.2) is 93.3 Å². The second-order valence-electron chi connectivity index (χ2n) is 8.12. The number of hydrogen-bond donors (Lipinski definition) is 4. The molecule has 0 aliphatic carbocycles. The molecule has 1 atom stereocenters. The number of nitro benzene ring substituents is 1. The number of nitro groups is 1. The summed E-state index contributed by atoms with van der Waals surface area (Å²) in [4.78, 5) is 47.1. The van der Waals surface area contributed by atoms with E-state index in [0.29, 0.717) is 58.2 Å². The van der Waals surface area contributed by atoms with Gasteiger partial charge in [-0.05, 0) is 44.2 Å². The Morgan fingerprint density at radius 1 is 0.882 bits per heavy atom. The molecular formula is C22H34N4O8. The Bertz CT molecular complexity index is 787. The van der Waals surface area contributed by atoms with E-state index in [0.717, 1.165) is 5.56 Å². The molecule has 1 rings (SSSR count). The molecule has 12 heteroatoms. The van der Waals surface area contributed by atoms with Crippen molar-refractivity contribution in [2.45, 2.75) is 44.6 Å². The van der Waals surface area contributed by atoms with E-state index in [2.05, 4.69) is 0 Å². The van der Waals surface area contributed by atoms with Crippen LogP contribution in [0, 0.1) is 10.1 Å². The van der Waals surface area contributed by atoms with Gasteiger partial charge in [-0.2, -0.15) is 0 Å². The van der Waals surface area contributed by atoms with Crippen LogP contribution in [-0.2, 0) is 20.8 Å². The van der Waals surface area contributed by atoms with Crippen LogP contribution in [0.5, 0.6) is 0 Å². The maximum Gasteiger partial charge on any atom is 0.317 e. The second-order valence-corrected chi connectivity index (χ2v) is 8.12. The Balaban J connectivity index is 2.74. The van der Waals surface area contributed by atoms with E-state index in [4.69, 9.17) is 10.8 Å². The Kier molecular flexibility index (Phi) is 13.4. The van der Waals surface area contributed by atoms with E-state index in [1.807, 2.05) is 0 Å². The zero-order valence-corrected chi connectivity index (χ0v) is 19.2. The van der Waals surface area contributed by atoms with Crippen molar-refractivity contribution in [2.75, 3.05) is 39.3 Å². The molecule has 0 radical (unpaired) electrons. The third-order valence-electron chi connectivity index (χ3n) is 5.41. The number of non-ortho nitro benzene ring substituents is 1. The SMILES string of the molecule is NCCN(CCCCC(CCCc1ccc([N+](=O)[O-])cc1)N(CC(=O)O)CC(=O)O)CC(=O)O. The molecule has 0 bridgehead atoms. The summed E-state index contributed by atoms with van der Waals surface area (Å²) in [5.41, 5.74) is 6.43. The van der Waals surface area contributed by atoms with Gasteiger partial charge in [0.1, 0.15) is 0 Å². The predicted octanol–water partition coefficient (Wildman–Crippen LogP) is 1.27. The first-order valence-electron chi connectivity index (χ1n) is 11.2. The van der Waals surface area contributed by atoms with Gasteiger partial charge in [-0.1, -0.05) is 18.6 Å². The monoisotopic (exact) mass is 482 g/mol. The lowest BCUT2D eigenvalue weighted by atomic mass is 9.99. The van der Waals surface area contributed by atoms with Crippen LogP contribution in [0.25, 0.3) is 0 Å². The van der Waals surface area contributed by atoms with Gasteiger partial charge in [0, 0.05) is 31.3 Å². The fourth-order valence-electron chi connectivity index (χ4n) is 3.86. The van der Waals surface area contributed by atoms with Gasteiger partial charge < -0.3 is 21.1 Å². The minimum Gasteiger partial charge on any atom is -0.480 e. The minimum absolute atomic E-state index is 0.00213. The summed E-state index contributed by atoms with van der Waals surface area (Å²) < 4.78 is 0. The van der Waals surface area contributed by atoms with Gasteiger partial charge in [0.2, 0.25) is 0 Å². The van der Waals surface area contributed by atoms with Crippen molar-refractivity contribution in [2.24, 2.45) is 5.73 Å². The molecule has 1 unspecified atom stereocenters. The number of benzene rings is 1. The topological polar surface area (TPSA) is 188 Å². The Hall–Kier alpha value is -3.09. The van der Waals surface area contributed by atoms with Gasteiger partial charge >= 0.3 is 17.9 Å². The van der Waals surface area contributed by atoms with Crippen LogP contribution in [0.2, 0.25) is 0 Å². The summed E-state index contributed by atoms with van der Waals surface area (Å²) >= 11 is 0. The largest absolute Gasteiger partial charge is 0.480 e. The number of carbonyl (C=O) groups is 3. The molecule has 12 nitrogen and oxygen atoms in total. The van der Waals surface area contributed by atoms with E-state index in [1.165, 1.54) is 17.0 Å². The summed E-state index contributed by atoms with van der Waals surface area (Å²) in [7, 11) is 0. The number of carboxylic acids is 3. The molecule has 0 aliphatic heterocycles. The standard InChI is InChI=1S/C22H34N4O8/c23-11-13-24(14-20(27)28)12-2-1-5-18(25(15-21(29)30)16-22(31)32)6-3-4-17-7-9-19(10-8-17)26(33)34/h7-10,18H,1-6,11-16,23H2,(H,27,28)(H,29,30)(H,31,32). The maximum atomic E-state index is 11.3. The number of aliphatic carboxylic acids is 3. The van der Waals surface area contributed by atoms with Crippen molar-refractivity contribution in [3.05, 3.63) is 39.9 Å². The van der Waals surface area contributed by atoms with Crippen molar-refractivity contribution >= 4 is 23.6 Å². The number of aryl methyl sites for hydroxylation is 1. The van der Waals surface area contributed by atoms with Gasteiger partial charge in [0.05, 0.1) is 24.6 Å².